The van der Waals surface area contributed by atoms with Crippen LogP contribution in [0, 0.1) is 0 Å². The lowest BCUT2D eigenvalue weighted by molar-refractivity contribution is 0.0643. The summed E-state index contributed by atoms with van der Waals surface area (Å²) in [6.45, 7) is 4.40. The molecule has 2 aromatic carbocycles. The molecule has 1 fully saturated rings. The van der Waals surface area contributed by atoms with E-state index in [4.69, 9.17) is 4.74 Å². The van der Waals surface area contributed by atoms with Gasteiger partial charge >= 0.3 is 0 Å². The molecule has 31 heavy (non-hydrogen) atoms. The zero-order valence-electron chi connectivity index (χ0n) is 17.2. The molecule has 1 N–H and O–H groups in total. The van der Waals surface area contributed by atoms with Gasteiger partial charge in [0.25, 0.3) is 11.8 Å². The Hall–Kier alpha value is -3.16. The third kappa shape index (κ3) is 5.71. The second-order valence-electron chi connectivity index (χ2n) is 7.31. The number of piperazine rings is 1. The van der Waals surface area contributed by atoms with Gasteiger partial charge in [-0.25, -0.2) is 0 Å². The Morgan fingerprint density at radius 1 is 0.871 bits per heavy atom. The minimum Gasteiger partial charge on any atom is -0.457 e. The van der Waals surface area contributed by atoms with Crippen LogP contribution in [0.3, 0.4) is 0 Å². The van der Waals surface area contributed by atoms with Crippen LogP contribution in [0.15, 0.2) is 72.1 Å². The van der Waals surface area contributed by atoms with E-state index in [1.165, 1.54) is 11.3 Å². The second-order valence-corrected chi connectivity index (χ2v) is 8.25. The number of ether oxygens (including phenoxy) is 1. The summed E-state index contributed by atoms with van der Waals surface area (Å²) in [4.78, 5) is 29.8. The molecule has 0 radical (unpaired) electrons. The zero-order valence-corrected chi connectivity index (χ0v) is 18.0. The molecule has 1 saturated heterocycles. The number of nitrogens with zero attached hydrogens (tertiary/aromatic N) is 2. The summed E-state index contributed by atoms with van der Waals surface area (Å²) in [6, 6.07) is 20.4. The molecule has 0 unspecified atom stereocenters. The number of amides is 2. The number of rotatable bonds is 7. The Bertz CT molecular complexity index is 983. The Kier molecular flexibility index (Phi) is 6.96. The number of nitrogens with one attached hydrogen (secondary N) is 1. The molecule has 1 aliphatic heterocycles. The molecule has 0 aliphatic carbocycles. The third-order valence-corrected chi connectivity index (χ3v) is 6.06. The standard InChI is InChI=1S/C24H25N3O3S/c28-23(19-8-10-21(11-9-19)30-20-5-2-1-3-6-20)25-12-13-26-14-16-27(17-15-26)24(29)22-7-4-18-31-22/h1-11,18H,12-17H2,(H,25,28). The van der Waals surface area contributed by atoms with E-state index < -0.39 is 0 Å². The fourth-order valence-electron chi connectivity index (χ4n) is 3.46. The summed E-state index contributed by atoms with van der Waals surface area (Å²) in [5.74, 6) is 1.47. The second kappa shape index (κ2) is 10.2. The summed E-state index contributed by atoms with van der Waals surface area (Å²) < 4.78 is 5.76. The molecule has 0 saturated carbocycles. The lowest BCUT2D eigenvalue weighted by Crippen LogP contribution is -2.50. The molecule has 160 valence electrons. The molecular weight excluding hydrogens is 410 g/mol. The monoisotopic (exact) mass is 435 g/mol. The van der Waals surface area contributed by atoms with Gasteiger partial charge in [-0.1, -0.05) is 24.3 Å². The average molecular weight is 436 g/mol. The quantitative estimate of drug-likeness (QED) is 0.614. The van der Waals surface area contributed by atoms with Crippen molar-refractivity contribution in [1.29, 1.82) is 0 Å². The van der Waals surface area contributed by atoms with Gasteiger partial charge in [-0.3, -0.25) is 14.5 Å². The van der Waals surface area contributed by atoms with E-state index in [0.29, 0.717) is 30.9 Å². The van der Waals surface area contributed by atoms with Gasteiger partial charge in [0.2, 0.25) is 0 Å². The number of hydrogen-bond donors (Lipinski definition) is 1. The van der Waals surface area contributed by atoms with Crippen molar-refractivity contribution in [2.45, 2.75) is 0 Å². The molecule has 6 nitrogen and oxygen atoms in total. The molecule has 0 bridgehead atoms. The lowest BCUT2D eigenvalue weighted by atomic mass is 10.2. The van der Waals surface area contributed by atoms with E-state index in [0.717, 1.165) is 30.3 Å². The fraction of sp³-hybridized carbons (Fsp3) is 0.250. The van der Waals surface area contributed by atoms with Gasteiger partial charge in [0.15, 0.2) is 0 Å². The van der Waals surface area contributed by atoms with Gasteiger partial charge in [-0.15, -0.1) is 11.3 Å². The van der Waals surface area contributed by atoms with Crippen LogP contribution < -0.4 is 10.1 Å². The maximum atomic E-state index is 12.4. The predicted molar refractivity (Wildman–Crippen MR) is 122 cm³/mol. The summed E-state index contributed by atoms with van der Waals surface area (Å²) >= 11 is 1.48. The first-order valence-electron chi connectivity index (χ1n) is 10.4. The molecule has 2 amide bonds. The van der Waals surface area contributed by atoms with Crippen LogP contribution in [0.1, 0.15) is 20.0 Å². The van der Waals surface area contributed by atoms with Crippen molar-refractivity contribution in [1.82, 2.24) is 15.1 Å². The highest BCUT2D eigenvalue weighted by Gasteiger charge is 2.22. The molecule has 0 spiro atoms. The number of benzene rings is 2. The van der Waals surface area contributed by atoms with Crippen molar-refractivity contribution in [3.8, 4) is 11.5 Å². The largest absolute Gasteiger partial charge is 0.457 e. The molecule has 4 rings (SSSR count). The van der Waals surface area contributed by atoms with Gasteiger partial charge in [-0.2, -0.15) is 0 Å². The van der Waals surface area contributed by atoms with Crippen LogP contribution in [0.2, 0.25) is 0 Å². The Morgan fingerprint density at radius 3 is 2.26 bits per heavy atom. The van der Waals surface area contributed by atoms with Gasteiger partial charge in [-0.05, 0) is 47.8 Å². The van der Waals surface area contributed by atoms with Gasteiger partial charge < -0.3 is 15.0 Å². The van der Waals surface area contributed by atoms with Crippen LogP contribution >= 0.6 is 11.3 Å². The minimum absolute atomic E-state index is 0.0993. The van der Waals surface area contributed by atoms with Crippen molar-refractivity contribution in [3.05, 3.63) is 82.6 Å². The summed E-state index contributed by atoms with van der Waals surface area (Å²) in [7, 11) is 0. The number of thiophene rings is 1. The van der Waals surface area contributed by atoms with E-state index in [9.17, 15) is 9.59 Å². The molecule has 7 heteroatoms. The first-order valence-corrected chi connectivity index (χ1v) is 11.2. The highest BCUT2D eigenvalue weighted by Crippen LogP contribution is 2.21. The van der Waals surface area contributed by atoms with Gasteiger partial charge in [0.1, 0.15) is 11.5 Å². The van der Waals surface area contributed by atoms with Crippen LogP contribution in [-0.2, 0) is 0 Å². The highest BCUT2D eigenvalue weighted by atomic mass is 32.1. The first-order chi connectivity index (χ1) is 15.2. The number of carbonyl (C=O) groups is 2. The summed E-state index contributed by atoms with van der Waals surface area (Å²) in [5, 5.41) is 4.90. The maximum Gasteiger partial charge on any atom is 0.264 e. The SMILES string of the molecule is O=C(NCCN1CCN(C(=O)c2cccs2)CC1)c1ccc(Oc2ccccc2)cc1. The summed E-state index contributed by atoms with van der Waals surface area (Å²) in [5.41, 5.74) is 0.603. The predicted octanol–water partition coefficient (Wildman–Crippen LogP) is 3.73. The lowest BCUT2D eigenvalue weighted by Gasteiger charge is -2.34. The van der Waals surface area contributed by atoms with Gasteiger partial charge in [0, 0.05) is 44.8 Å². The molecule has 0 atom stereocenters. The smallest absolute Gasteiger partial charge is 0.264 e. The molecule has 1 aromatic heterocycles. The van der Waals surface area contributed by atoms with Crippen LogP contribution in [0.4, 0.5) is 0 Å². The first kappa shape index (κ1) is 21.1. The number of carbonyl (C=O) groups excluding carboxylic acids is 2. The number of hydrogen-bond acceptors (Lipinski definition) is 5. The van der Waals surface area contributed by atoms with E-state index in [1.807, 2.05) is 52.7 Å². The van der Waals surface area contributed by atoms with Crippen molar-refractivity contribution in [2.75, 3.05) is 39.3 Å². The Balaban J connectivity index is 1.18. The third-order valence-electron chi connectivity index (χ3n) is 5.20. The fourth-order valence-corrected chi connectivity index (χ4v) is 4.15. The van der Waals surface area contributed by atoms with E-state index in [2.05, 4.69) is 10.2 Å². The van der Waals surface area contributed by atoms with Crippen molar-refractivity contribution in [2.24, 2.45) is 0 Å². The normalized spacial score (nSPS) is 14.3. The van der Waals surface area contributed by atoms with Crippen molar-refractivity contribution in [3.63, 3.8) is 0 Å². The summed E-state index contributed by atoms with van der Waals surface area (Å²) in [6.07, 6.45) is 0. The van der Waals surface area contributed by atoms with Crippen LogP contribution in [0.25, 0.3) is 0 Å². The molecule has 2 heterocycles. The molecule has 3 aromatic rings. The van der Waals surface area contributed by atoms with Crippen molar-refractivity contribution >= 4 is 23.2 Å². The van der Waals surface area contributed by atoms with Gasteiger partial charge in [0.05, 0.1) is 4.88 Å². The van der Waals surface area contributed by atoms with Crippen LogP contribution in [0.5, 0.6) is 11.5 Å². The van der Waals surface area contributed by atoms with E-state index in [1.54, 1.807) is 24.3 Å². The average Bonchev–Trinajstić information content (AvgIpc) is 3.35. The number of para-hydroxylation sites is 1. The Morgan fingerprint density at radius 2 is 1.58 bits per heavy atom. The highest BCUT2D eigenvalue weighted by molar-refractivity contribution is 7.12. The van der Waals surface area contributed by atoms with E-state index >= 15 is 0 Å². The maximum absolute atomic E-state index is 12.4. The zero-order chi connectivity index (χ0) is 21.5. The van der Waals surface area contributed by atoms with E-state index in [-0.39, 0.29) is 11.8 Å². The molecular formula is C24H25N3O3S. The van der Waals surface area contributed by atoms with Crippen molar-refractivity contribution < 1.29 is 14.3 Å². The Labute approximate surface area is 186 Å². The van der Waals surface area contributed by atoms with Crippen LogP contribution in [-0.4, -0.2) is 60.9 Å². The molecule has 1 aliphatic rings. The topological polar surface area (TPSA) is 61.9 Å². The minimum atomic E-state index is -0.0993.